The number of nitrogens with one attached hydrogen (secondary N) is 1. The summed E-state index contributed by atoms with van der Waals surface area (Å²) in [5.41, 5.74) is 0. The maximum Gasteiger partial charge on any atom is 0.393 e. The number of rotatable bonds is 7. The zero-order valence-electron chi connectivity index (χ0n) is 12.0. The van der Waals surface area contributed by atoms with Crippen molar-refractivity contribution in [3.8, 4) is 0 Å². The molecule has 2 fully saturated rings. The fourth-order valence-electron chi connectivity index (χ4n) is 2.59. The third-order valence-electron chi connectivity index (χ3n) is 4.08. The van der Waals surface area contributed by atoms with Crippen molar-refractivity contribution in [1.29, 1.82) is 0 Å². The Morgan fingerprint density at radius 3 is 2.48 bits per heavy atom. The zero-order valence-corrected chi connectivity index (χ0v) is 12.8. The molecule has 2 rings (SSSR count). The van der Waals surface area contributed by atoms with E-state index in [0.717, 1.165) is 17.3 Å². The van der Waals surface area contributed by atoms with E-state index in [1.807, 2.05) is 0 Å². The van der Waals surface area contributed by atoms with Crippen molar-refractivity contribution in [2.45, 2.75) is 50.7 Å². The van der Waals surface area contributed by atoms with Crippen molar-refractivity contribution >= 4 is 10.0 Å². The number of sulfonamides is 1. The van der Waals surface area contributed by atoms with Gasteiger partial charge in [0.05, 0.1) is 11.7 Å². The van der Waals surface area contributed by atoms with Crippen LogP contribution in [0.1, 0.15) is 38.5 Å². The molecule has 8 heteroatoms. The van der Waals surface area contributed by atoms with Crippen LogP contribution in [0.2, 0.25) is 0 Å². The molecule has 1 atom stereocenters. The van der Waals surface area contributed by atoms with Gasteiger partial charge in [-0.05, 0) is 45.1 Å². The largest absolute Gasteiger partial charge is 0.393 e. The number of unbranched alkanes of at least 4 members (excludes halogenated alkanes) is 1. The first-order valence-corrected chi connectivity index (χ1v) is 9.18. The van der Waals surface area contributed by atoms with E-state index in [1.54, 1.807) is 0 Å². The number of nitrogens with zero attached hydrogens (tertiary/aromatic N) is 1. The molecule has 1 unspecified atom stereocenters. The van der Waals surface area contributed by atoms with E-state index in [0.29, 0.717) is 12.5 Å². The maximum atomic E-state index is 12.7. The summed E-state index contributed by atoms with van der Waals surface area (Å²) in [6, 6.07) is 0.594. The van der Waals surface area contributed by atoms with E-state index in [-0.39, 0.29) is 25.1 Å². The van der Waals surface area contributed by atoms with Crippen molar-refractivity contribution in [3.05, 3.63) is 0 Å². The third kappa shape index (κ3) is 5.41. The summed E-state index contributed by atoms with van der Waals surface area (Å²) in [5, 5.41) is 3.29. The van der Waals surface area contributed by atoms with Gasteiger partial charge < -0.3 is 5.32 Å². The number of hydrogen-bond acceptors (Lipinski definition) is 3. The van der Waals surface area contributed by atoms with Gasteiger partial charge in [-0.25, -0.2) is 12.7 Å². The molecule has 0 aromatic heterocycles. The fraction of sp³-hybridized carbons (Fsp3) is 1.00. The molecular weight excluding hydrogens is 305 g/mol. The molecule has 1 heterocycles. The molecule has 21 heavy (non-hydrogen) atoms. The van der Waals surface area contributed by atoms with Crippen LogP contribution in [0.15, 0.2) is 0 Å². The fourth-order valence-corrected chi connectivity index (χ4v) is 4.24. The van der Waals surface area contributed by atoms with Gasteiger partial charge in [0, 0.05) is 19.1 Å². The first-order valence-electron chi connectivity index (χ1n) is 7.57. The Hall–Kier alpha value is -0.340. The molecule has 0 bridgehead atoms. The quantitative estimate of drug-likeness (QED) is 0.728. The molecule has 2 aliphatic rings. The molecule has 1 aliphatic heterocycles. The minimum atomic E-state index is -4.30. The maximum absolute atomic E-state index is 12.7. The molecule has 1 N–H and O–H groups in total. The number of alkyl halides is 3. The van der Waals surface area contributed by atoms with Crippen LogP contribution >= 0.6 is 0 Å². The van der Waals surface area contributed by atoms with Gasteiger partial charge >= 0.3 is 6.18 Å². The highest BCUT2D eigenvalue weighted by molar-refractivity contribution is 7.89. The smallest absolute Gasteiger partial charge is 0.314 e. The molecule has 1 aliphatic carbocycles. The topological polar surface area (TPSA) is 49.4 Å². The lowest BCUT2D eigenvalue weighted by molar-refractivity contribution is -0.182. The Balaban J connectivity index is 1.75. The summed E-state index contributed by atoms with van der Waals surface area (Å²) in [6.45, 7) is 0.590. The molecule has 1 saturated carbocycles. The zero-order chi connectivity index (χ0) is 15.5. The molecule has 0 aromatic carbocycles. The Kier molecular flexibility index (Phi) is 5.54. The van der Waals surface area contributed by atoms with Crippen LogP contribution in [-0.2, 0) is 10.0 Å². The second-order valence-corrected chi connectivity index (χ2v) is 8.08. The van der Waals surface area contributed by atoms with Gasteiger partial charge in [-0.15, -0.1) is 0 Å². The van der Waals surface area contributed by atoms with Crippen LogP contribution in [-0.4, -0.2) is 50.3 Å². The first kappa shape index (κ1) is 17.0. The minimum absolute atomic E-state index is 0.0286. The molecule has 0 aromatic rings. The molecular formula is C13H23F3N2O2S. The van der Waals surface area contributed by atoms with Crippen molar-refractivity contribution in [2.24, 2.45) is 5.92 Å². The standard InChI is InChI=1S/C13H23F3N2O2S/c14-13(15,16)11-4-3-8-18(10-11)21(19,20)9-2-1-7-17-12-5-6-12/h11-12,17H,1-10H2. The number of hydrogen-bond donors (Lipinski definition) is 1. The lowest BCUT2D eigenvalue weighted by atomic mass is 9.99. The summed E-state index contributed by atoms with van der Waals surface area (Å²) in [6.07, 6.45) is -0.382. The first-order chi connectivity index (χ1) is 9.79. The van der Waals surface area contributed by atoms with Crippen molar-refractivity contribution < 1.29 is 21.6 Å². The molecule has 0 radical (unpaired) electrons. The Morgan fingerprint density at radius 1 is 1.14 bits per heavy atom. The van der Waals surface area contributed by atoms with Crippen LogP contribution in [0.25, 0.3) is 0 Å². The summed E-state index contributed by atoms with van der Waals surface area (Å²) >= 11 is 0. The molecule has 0 spiro atoms. The third-order valence-corrected chi connectivity index (χ3v) is 6.00. The van der Waals surface area contributed by atoms with Gasteiger partial charge in [0.15, 0.2) is 0 Å². The highest BCUT2D eigenvalue weighted by atomic mass is 32.2. The number of piperidine rings is 1. The normalized spacial score (nSPS) is 25.2. The van der Waals surface area contributed by atoms with Gasteiger partial charge in [0.25, 0.3) is 0 Å². The van der Waals surface area contributed by atoms with Crippen LogP contribution < -0.4 is 5.32 Å². The average molecular weight is 328 g/mol. The monoisotopic (exact) mass is 328 g/mol. The summed E-state index contributed by atoms with van der Waals surface area (Å²) < 4.78 is 63.4. The van der Waals surface area contributed by atoms with E-state index in [9.17, 15) is 21.6 Å². The van der Waals surface area contributed by atoms with E-state index >= 15 is 0 Å². The van der Waals surface area contributed by atoms with Gasteiger partial charge in [0.1, 0.15) is 0 Å². The molecule has 1 saturated heterocycles. The Labute approximate surface area is 124 Å². The second-order valence-electron chi connectivity index (χ2n) is 5.99. The Morgan fingerprint density at radius 2 is 1.86 bits per heavy atom. The lowest BCUT2D eigenvalue weighted by Gasteiger charge is -2.32. The lowest BCUT2D eigenvalue weighted by Crippen LogP contribution is -2.45. The van der Waals surface area contributed by atoms with Gasteiger partial charge in [-0.2, -0.15) is 13.2 Å². The SMILES string of the molecule is O=S(=O)(CCCCNC1CC1)N1CCCC(C(F)(F)F)C1. The minimum Gasteiger partial charge on any atom is -0.314 e. The predicted molar refractivity (Wildman–Crippen MR) is 74.4 cm³/mol. The van der Waals surface area contributed by atoms with E-state index in [1.165, 1.54) is 12.8 Å². The summed E-state index contributed by atoms with van der Waals surface area (Å²) in [5.74, 6) is -1.57. The highest BCUT2D eigenvalue weighted by Gasteiger charge is 2.43. The van der Waals surface area contributed by atoms with E-state index < -0.39 is 28.7 Å². The van der Waals surface area contributed by atoms with E-state index in [4.69, 9.17) is 0 Å². The van der Waals surface area contributed by atoms with Crippen molar-refractivity contribution in [1.82, 2.24) is 9.62 Å². The molecule has 0 amide bonds. The Bertz CT molecular complexity index is 435. The van der Waals surface area contributed by atoms with Crippen molar-refractivity contribution in [3.63, 3.8) is 0 Å². The van der Waals surface area contributed by atoms with Gasteiger partial charge in [0.2, 0.25) is 10.0 Å². The molecule has 124 valence electrons. The molecule has 4 nitrogen and oxygen atoms in total. The summed E-state index contributed by atoms with van der Waals surface area (Å²) in [4.78, 5) is 0. The van der Waals surface area contributed by atoms with Crippen LogP contribution in [0, 0.1) is 5.92 Å². The number of halogens is 3. The predicted octanol–water partition coefficient (Wildman–Crippen LogP) is 2.12. The van der Waals surface area contributed by atoms with Crippen LogP contribution in [0.5, 0.6) is 0 Å². The average Bonchev–Trinajstić information content (AvgIpc) is 3.21. The van der Waals surface area contributed by atoms with Gasteiger partial charge in [-0.1, -0.05) is 0 Å². The second kappa shape index (κ2) is 6.83. The van der Waals surface area contributed by atoms with E-state index in [2.05, 4.69) is 5.32 Å². The highest BCUT2D eigenvalue weighted by Crippen LogP contribution is 2.34. The van der Waals surface area contributed by atoms with Crippen LogP contribution in [0.4, 0.5) is 13.2 Å². The summed E-state index contributed by atoms with van der Waals surface area (Å²) in [7, 11) is -3.56. The van der Waals surface area contributed by atoms with Gasteiger partial charge in [-0.3, -0.25) is 0 Å². The van der Waals surface area contributed by atoms with Crippen molar-refractivity contribution in [2.75, 3.05) is 25.4 Å². The van der Waals surface area contributed by atoms with Crippen LogP contribution in [0.3, 0.4) is 0 Å².